The van der Waals surface area contributed by atoms with Crippen LogP contribution < -0.4 is 5.32 Å². The lowest BCUT2D eigenvalue weighted by molar-refractivity contribution is 0.0333. The minimum Gasteiger partial charge on any atom is -0.444 e. The highest BCUT2D eigenvalue weighted by atomic mass is 16.6. The van der Waals surface area contributed by atoms with Crippen LogP contribution in [0.4, 0.5) is 4.79 Å². The molecule has 0 rings (SSSR count). The quantitative estimate of drug-likeness (QED) is 0.650. The Morgan fingerprint density at radius 3 is 2.33 bits per heavy atom. The average Bonchev–Trinajstić information content (AvgIpc) is 2.28. The van der Waals surface area contributed by atoms with E-state index in [0.29, 0.717) is 5.92 Å². The van der Waals surface area contributed by atoms with E-state index in [2.05, 4.69) is 26.1 Å². The van der Waals surface area contributed by atoms with Gasteiger partial charge in [-0.25, -0.2) is 4.79 Å². The molecule has 1 N–H and O–H groups in total. The highest BCUT2D eigenvalue weighted by molar-refractivity contribution is 5.68. The zero-order valence-electron chi connectivity index (χ0n) is 13.0. The Bertz CT molecular complexity index is 239. The van der Waals surface area contributed by atoms with Gasteiger partial charge < -0.3 is 10.1 Å². The highest BCUT2D eigenvalue weighted by Crippen LogP contribution is 2.16. The highest BCUT2D eigenvalue weighted by Gasteiger charge is 2.22. The zero-order chi connectivity index (χ0) is 14.2. The predicted octanol–water partition coefficient (Wildman–Crippen LogP) is 4.51. The maximum Gasteiger partial charge on any atom is 0.407 e. The summed E-state index contributed by atoms with van der Waals surface area (Å²) in [6.45, 7) is 12.3. The fraction of sp³-hybridized carbons (Fsp3) is 0.933. The molecule has 2 atom stereocenters. The molecule has 0 saturated carbocycles. The summed E-state index contributed by atoms with van der Waals surface area (Å²) in [6, 6.07) is 0.169. The van der Waals surface area contributed by atoms with E-state index in [-0.39, 0.29) is 17.7 Å². The van der Waals surface area contributed by atoms with Crippen LogP contribution in [0.15, 0.2) is 0 Å². The molecule has 0 aliphatic rings. The molecule has 0 saturated heterocycles. The van der Waals surface area contributed by atoms with Crippen molar-refractivity contribution in [1.82, 2.24) is 5.32 Å². The van der Waals surface area contributed by atoms with Crippen LogP contribution in [0.5, 0.6) is 0 Å². The second-order valence-electron chi connectivity index (χ2n) is 5.91. The third-order valence-electron chi connectivity index (χ3n) is 3.68. The van der Waals surface area contributed by atoms with Crippen LogP contribution in [0.3, 0.4) is 0 Å². The van der Waals surface area contributed by atoms with Gasteiger partial charge in [-0.2, -0.15) is 0 Å². The molecule has 18 heavy (non-hydrogen) atoms. The molecule has 0 bridgehead atoms. The fourth-order valence-corrected chi connectivity index (χ4v) is 1.65. The average molecular weight is 257 g/mol. The smallest absolute Gasteiger partial charge is 0.407 e. The Kier molecular flexibility index (Phi) is 8.05. The molecule has 0 aliphatic heterocycles. The van der Waals surface area contributed by atoms with E-state index in [1.807, 2.05) is 20.8 Å². The van der Waals surface area contributed by atoms with E-state index in [4.69, 9.17) is 4.74 Å². The molecule has 0 aliphatic carbocycles. The summed E-state index contributed by atoms with van der Waals surface area (Å²) in [5.74, 6) is 0.494. The topological polar surface area (TPSA) is 38.3 Å². The zero-order valence-corrected chi connectivity index (χ0v) is 13.0. The van der Waals surface area contributed by atoms with Gasteiger partial charge >= 0.3 is 6.09 Å². The summed E-state index contributed by atoms with van der Waals surface area (Å²) >= 11 is 0. The van der Waals surface area contributed by atoms with Gasteiger partial charge in [-0.15, -0.1) is 0 Å². The van der Waals surface area contributed by atoms with Crippen molar-refractivity contribution in [3.63, 3.8) is 0 Å². The summed E-state index contributed by atoms with van der Waals surface area (Å²) < 4.78 is 5.38. The summed E-state index contributed by atoms with van der Waals surface area (Å²) in [4.78, 5) is 11.7. The van der Waals surface area contributed by atoms with Crippen molar-refractivity contribution in [1.29, 1.82) is 0 Å². The Hall–Kier alpha value is -0.730. The molecule has 3 nitrogen and oxygen atoms in total. The number of carbonyl (C=O) groups is 1. The summed E-state index contributed by atoms with van der Waals surface area (Å²) in [6.07, 6.45) is 5.43. The van der Waals surface area contributed by atoms with Gasteiger partial charge in [-0.3, -0.25) is 0 Å². The summed E-state index contributed by atoms with van der Waals surface area (Å²) in [5, 5.41) is 2.94. The maximum absolute atomic E-state index is 11.7. The molecule has 0 aromatic carbocycles. The van der Waals surface area contributed by atoms with Crippen molar-refractivity contribution < 1.29 is 9.53 Å². The van der Waals surface area contributed by atoms with Crippen LogP contribution in [0.2, 0.25) is 0 Å². The molecule has 0 spiro atoms. The normalized spacial score (nSPS) is 15.0. The number of amides is 1. The number of unbranched alkanes of at least 4 members (excludes halogenated alkanes) is 2. The molecular formula is C15H31NO2. The van der Waals surface area contributed by atoms with E-state index >= 15 is 0 Å². The number of hydrogen-bond acceptors (Lipinski definition) is 2. The molecule has 0 radical (unpaired) electrons. The van der Waals surface area contributed by atoms with Crippen molar-refractivity contribution in [3.05, 3.63) is 0 Å². The van der Waals surface area contributed by atoms with Gasteiger partial charge in [0.2, 0.25) is 0 Å². The number of ether oxygens (including phenoxy) is 1. The van der Waals surface area contributed by atoms with Gasteiger partial charge in [0.05, 0.1) is 0 Å². The molecule has 1 amide bonds. The van der Waals surface area contributed by atoms with Crippen LogP contribution in [0, 0.1) is 5.92 Å². The van der Waals surface area contributed by atoms with Gasteiger partial charge in [-0.05, 0) is 39.5 Å². The SMILES string of the molecule is CCCCCC(C)C(C)NC(=O)OC(C)(C)CC. The van der Waals surface area contributed by atoms with E-state index in [1.165, 1.54) is 19.3 Å². The van der Waals surface area contributed by atoms with Crippen molar-refractivity contribution in [3.8, 4) is 0 Å². The first-order valence-corrected chi connectivity index (χ1v) is 7.32. The second-order valence-corrected chi connectivity index (χ2v) is 5.91. The van der Waals surface area contributed by atoms with Crippen molar-refractivity contribution in [2.75, 3.05) is 0 Å². The van der Waals surface area contributed by atoms with E-state index < -0.39 is 0 Å². The number of carbonyl (C=O) groups excluding carboxylic acids is 1. The van der Waals surface area contributed by atoms with Crippen molar-refractivity contribution >= 4 is 6.09 Å². The van der Waals surface area contributed by atoms with E-state index in [1.54, 1.807) is 0 Å². The first kappa shape index (κ1) is 17.3. The Morgan fingerprint density at radius 2 is 1.83 bits per heavy atom. The number of nitrogens with one attached hydrogen (secondary N) is 1. The van der Waals surface area contributed by atoms with Gasteiger partial charge in [0, 0.05) is 6.04 Å². The van der Waals surface area contributed by atoms with Crippen LogP contribution >= 0.6 is 0 Å². The predicted molar refractivity (Wildman–Crippen MR) is 76.8 cm³/mol. The Morgan fingerprint density at radius 1 is 1.22 bits per heavy atom. The van der Waals surface area contributed by atoms with Gasteiger partial charge in [0.1, 0.15) is 5.60 Å². The molecule has 0 aromatic rings. The molecule has 0 heterocycles. The lowest BCUT2D eigenvalue weighted by atomic mass is 9.97. The minimum absolute atomic E-state index is 0.169. The third kappa shape index (κ3) is 7.57. The lowest BCUT2D eigenvalue weighted by Gasteiger charge is -2.26. The number of hydrogen-bond donors (Lipinski definition) is 1. The van der Waals surface area contributed by atoms with Crippen LogP contribution in [0.1, 0.15) is 73.6 Å². The fourth-order valence-electron chi connectivity index (χ4n) is 1.65. The first-order valence-electron chi connectivity index (χ1n) is 7.32. The molecule has 3 heteroatoms. The van der Waals surface area contributed by atoms with Gasteiger partial charge in [-0.1, -0.05) is 40.0 Å². The maximum atomic E-state index is 11.7. The van der Waals surface area contributed by atoms with Crippen molar-refractivity contribution in [2.45, 2.75) is 85.3 Å². The van der Waals surface area contributed by atoms with Crippen molar-refractivity contribution in [2.24, 2.45) is 5.92 Å². The standard InChI is InChI=1S/C15H31NO2/c1-7-9-10-11-12(3)13(4)16-14(17)18-15(5,6)8-2/h12-13H,7-11H2,1-6H3,(H,16,17). The first-order chi connectivity index (χ1) is 8.32. The monoisotopic (exact) mass is 257 g/mol. The molecular weight excluding hydrogens is 226 g/mol. The molecule has 2 unspecified atom stereocenters. The molecule has 0 aromatic heterocycles. The largest absolute Gasteiger partial charge is 0.444 e. The molecule has 0 fully saturated rings. The minimum atomic E-state index is -0.380. The Balaban J connectivity index is 3.99. The van der Waals surface area contributed by atoms with Crippen LogP contribution in [-0.4, -0.2) is 17.7 Å². The summed E-state index contributed by atoms with van der Waals surface area (Å²) in [5.41, 5.74) is -0.380. The second kappa shape index (κ2) is 8.39. The van der Waals surface area contributed by atoms with Gasteiger partial charge in [0.25, 0.3) is 0 Å². The van der Waals surface area contributed by atoms with E-state index in [9.17, 15) is 4.79 Å². The third-order valence-corrected chi connectivity index (χ3v) is 3.68. The lowest BCUT2D eigenvalue weighted by Crippen LogP contribution is -2.41. The Labute approximate surface area is 113 Å². The number of rotatable bonds is 8. The van der Waals surface area contributed by atoms with Crippen LogP contribution in [0.25, 0.3) is 0 Å². The molecule has 108 valence electrons. The van der Waals surface area contributed by atoms with Crippen LogP contribution in [-0.2, 0) is 4.74 Å². The number of alkyl carbamates (subject to hydrolysis) is 1. The van der Waals surface area contributed by atoms with E-state index in [0.717, 1.165) is 12.8 Å². The summed E-state index contributed by atoms with van der Waals surface area (Å²) in [7, 11) is 0. The van der Waals surface area contributed by atoms with Gasteiger partial charge in [0.15, 0.2) is 0 Å².